The summed E-state index contributed by atoms with van der Waals surface area (Å²) in [5, 5.41) is 29.9. The van der Waals surface area contributed by atoms with E-state index in [4.69, 9.17) is 21.6 Å². The molecule has 1 aromatic heterocycles. The van der Waals surface area contributed by atoms with Crippen LogP contribution in [0.25, 0.3) is 0 Å². The molecule has 1 saturated heterocycles. The Labute approximate surface area is 198 Å². The highest BCUT2D eigenvalue weighted by atomic mass is 35.5. The van der Waals surface area contributed by atoms with Crippen LogP contribution in [0, 0.1) is 17.2 Å². The molecule has 3 atom stereocenters. The third kappa shape index (κ3) is 5.80. The van der Waals surface area contributed by atoms with E-state index in [2.05, 4.69) is 26.5 Å². The number of benzene rings is 1. The molecule has 33 heavy (non-hydrogen) atoms. The molecule has 0 spiro atoms. The molecule has 0 bridgehead atoms. The lowest BCUT2D eigenvalue weighted by Gasteiger charge is -2.45. The van der Waals surface area contributed by atoms with Crippen molar-refractivity contribution in [1.29, 1.82) is 5.26 Å². The van der Waals surface area contributed by atoms with Crippen molar-refractivity contribution >= 4 is 17.5 Å². The zero-order chi connectivity index (χ0) is 23.2. The highest BCUT2D eigenvalue weighted by molar-refractivity contribution is 6.31. The van der Waals surface area contributed by atoms with Gasteiger partial charge in [0.15, 0.2) is 5.69 Å². The number of aromatic nitrogens is 2. The molecule has 8 nitrogen and oxygen atoms in total. The van der Waals surface area contributed by atoms with Gasteiger partial charge in [0.25, 0.3) is 5.91 Å². The molecule has 174 valence electrons. The maximum Gasteiger partial charge on any atom is 0.272 e. The lowest BCUT2D eigenvalue weighted by molar-refractivity contribution is 0.0270. The van der Waals surface area contributed by atoms with Crippen molar-refractivity contribution in [2.24, 2.45) is 5.92 Å². The maximum absolute atomic E-state index is 12.8. The SMILES string of the molecule is N#Cc1ccc(O[C@@H]2CC[C@@H](NC(=O)c3cccnn3)[C@H](N3CCC(CO)CC3)C2)cc1Cl. The molecule has 9 heteroatoms. The molecule has 0 unspecified atom stereocenters. The molecule has 2 aliphatic rings. The second-order valence-electron chi connectivity index (χ2n) is 8.72. The molecule has 1 saturated carbocycles. The first-order chi connectivity index (χ1) is 16.1. The summed E-state index contributed by atoms with van der Waals surface area (Å²) in [7, 11) is 0. The standard InChI is InChI=1S/C24H28ClN5O3/c25-20-12-18(4-3-17(20)14-26)33-19-5-6-21(28-24(32)22-2-1-9-27-29-22)23(13-19)30-10-7-16(15-31)8-11-30/h1-4,9,12,16,19,21,23,31H,5-8,10-11,13,15H2,(H,28,32)/t19-,21-,23-/m1/s1. The van der Waals surface area contributed by atoms with Gasteiger partial charge in [0.05, 0.1) is 10.6 Å². The number of nitrogens with one attached hydrogen (secondary N) is 1. The predicted octanol–water partition coefficient (Wildman–Crippen LogP) is 2.80. The molecule has 1 aliphatic heterocycles. The number of nitrogens with zero attached hydrogens (tertiary/aromatic N) is 4. The van der Waals surface area contributed by atoms with Gasteiger partial charge in [-0.05, 0) is 69.0 Å². The van der Waals surface area contributed by atoms with Gasteiger partial charge < -0.3 is 15.2 Å². The lowest BCUT2D eigenvalue weighted by Crippen LogP contribution is -2.57. The fraction of sp³-hybridized carbons (Fsp3) is 0.500. The van der Waals surface area contributed by atoms with E-state index in [0.29, 0.717) is 27.9 Å². The van der Waals surface area contributed by atoms with Crippen molar-refractivity contribution in [3.8, 4) is 11.8 Å². The first kappa shape index (κ1) is 23.4. The van der Waals surface area contributed by atoms with Crippen LogP contribution in [-0.4, -0.2) is 64.0 Å². The number of hydrogen-bond donors (Lipinski definition) is 2. The normalized spacial score (nSPS) is 24.1. The Hall–Kier alpha value is -2.73. The van der Waals surface area contributed by atoms with Gasteiger partial charge in [-0.1, -0.05) is 11.6 Å². The van der Waals surface area contributed by atoms with E-state index in [1.54, 1.807) is 36.5 Å². The van der Waals surface area contributed by atoms with E-state index in [1.807, 2.05) is 0 Å². The second-order valence-corrected chi connectivity index (χ2v) is 9.13. The smallest absolute Gasteiger partial charge is 0.272 e. The van der Waals surface area contributed by atoms with Crippen LogP contribution in [-0.2, 0) is 0 Å². The summed E-state index contributed by atoms with van der Waals surface area (Å²) < 4.78 is 6.24. The van der Waals surface area contributed by atoms with E-state index in [0.717, 1.165) is 45.2 Å². The minimum atomic E-state index is -0.221. The van der Waals surface area contributed by atoms with Gasteiger partial charge in [-0.25, -0.2) is 0 Å². The lowest BCUT2D eigenvalue weighted by atomic mass is 9.85. The zero-order valence-corrected chi connectivity index (χ0v) is 19.1. The van der Waals surface area contributed by atoms with Gasteiger partial charge in [-0.3, -0.25) is 9.69 Å². The van der Waals surface area contributed by atoms with Crippen molar-refractivity contribution in [1.82, 2.24) is 20.4 Å². The van der Waals surface area contributed by atoms with Crippen LogP contribution in [0.1, 0.15) is 48.2 Å². The van der Waals surface area contributed by atoms with Gasteiger partial charge in [0, 0.05) is 37.4 Å². The molecule has 1 aliphatic carbocycles. The number of likely N-dealkylation sites (tertiary alicyclic amines) is 1. The van der Waals surface area contributed by atoms with E-state index in [-0.39, 0.29) is 30.7 Å². The molecular formula is C24H28ClN5O3. The van der Waals surface area contributed by atoms with Crippen LogP contribution in [0.5, 0.6) is 5.75 Å². The van der Waals surface area contributed by atoms with Gasteiger partial charge in [-0.15, -0.1) is 5.10 Å². The summed E-state index contributed by atoms with van der Waals surface area (Å²) in [5.41, 5.74) is 0.727. The summed E-state index contributed by atoms with van der Waals surface area (Å²) in [6, 6.07) is 10.6. The number of aliphatic hydroxyl groups is 1. The maximum atomic E-state index is 12.8. The Morgan fingerprint density at radius 1 is 1.27 bits per heavy atom. The second kappa shape index (κ2) is 10.9. The third-order valence-corrected chi connectivity index (χ3v) is 6.94. The average Bonchev–Trinajstić information content (AvgIpc) is 2.85. The Kier molecular flexibility index (Phi) is 7.76. The molecular weight excluding hydrogens is 442 g/mol. The largest absolute Gasteiger partial charge is 0.490 e. The first-order valence-corrected chi connectivity index (χ1v) is 11.7. The van der Waals surface area contributed by atoms with Crippen molar-refractivity contribution < 1.29 is 14.6 Å². The number of hydrogen-bond acceptors (Lipinski definition) is 7. The van der Waals surface area contributed by atoms with E-state index in [9.17, 15) is 9.90 Å². The summed E-state index contributed by atoms with van der Waals surface area (Å²) in [6.07, 6.45) is 5.70. The third-order valence-electron chi connectivity index (χ3n) is 6.63. The molecule has 2 aromatic rings. The van der Waals surface area contributed by atoms with Gasteiger partial charge in [0.2, 0.25) is 0 Å². The van der Waals surface area contributed by atoms with Crippen molar-refractivity contribution in [2.45, 2.75) is 50.3 Å². The van der Waals surface area contributed by atoms with Crippen molar-refractivity contribution in [3.05, 3.63) is 52.8 Å². The van der Waals surface area contributed by atoms with Crippen molar-refractivity contribution in [3.63, 3.8) is 0 Å². The highest BCUT2D eigenvalue weighted by Crippen LogP contribution is 2.31. The number of nitriles is 1. The number of carbonyl (C=O) groups excluding carboxylic acids is 1. The Bertz CT molecular complexity index is 991. The fourth-order valence-electron chi connectivity index (χ4n) is 4.77. The number of rotatable bonds is 6. The molecule has 2 N–H and O–H groups in total. The van der Waals surface area contributed by atoms with Crippen LogP contribution in [0.4, 0.5) is 0 Å². The van der Waals surface area contributed by atoms with E-state index < -0.39 is 0 Å². The summed E-state index contributed by atoms with van der Waals surface area (Å²) in [6.45, 7) is 1.97. The number of carbonyl (C=O) groups is 1. The van der Waals surface area contributed by atoms with Crippen LogP contribution in [0.15, 0.2) is 36.5 Å². The van der Waals surface area contributed by atoms with E-state index >= 15 is 0 Å². The summed E-state index contributed by atoms with van der Waals surface area (Å²) >= 11 is 6.17. The molecule has 0 radical (unpaired) electrons. The molecule has 1 aromatic carbocycles. The van der Waals surface area contributed by atoms with Gasteiger partial charge >= 0.3 is 0 Å². The van der Waals surface area contributed by atoms with E-state index in [1.165, 1.54) is 0 Å². The number of piperidine rings is 1. The summed E-state index contributed by atoms with van der Waals surface area (Å²) in [4.78, 5) is 15.2. The highest BCUT2D eigenvalue weighted by Gasteiger charge is 2.38. The molecule has 2 fully saturated rings. The van der Waals surface area contributed by atoms with Crippen LogP contribution < -0.4 is 10.1 Å². The Morgan fingerprint density at radius 2 is 2.09 bits per heavy atom. The first-order valence-electron chi connectivity index (χ1n) is 11.4. The Balaban J connectivity index is 1.46. The number of ether oxygens (including phenoxy) is 1. The number of aliphatic hydroxyl groups excluding tert-OH is 1. The fourth-order valence-corrected chi connectivity index (χ4v) is 4.99. The number of amides is 1. The monoisotopic (exact) mass is 469 g/mol. The zero-order valence-electron chi connectivity index (χ0n) is 18.4. The quantitative estimate of drug-likeness (QED) is 0.669. The van der Waals surface area contributed by atoms with Gasteiger partial charge in [-0.2, -0.15) is 10.4 Å². The molecule has 4 rings (SSSR count). The molecule has 2 heterocycles. The predicted molar refractivity (Wildman–Crippen MR) is 123 cm³/mol. The number of halogens is 1. The van der Waals surface area contributed by atoms with Crippen LogP contribution in [0.3, 0.4) is 0 Å². The van der Waals surface area contributed by atoms with Gasteiger partial charge in [0.1, 0.15) is 17.9 Å². The minimum absolute atomic E-state index is 0.0285. The summed E-state index contributed by atoms with van der Waals surface area (Å²) in [5.74, 6) is 0.760. The van der Waals surface area contributed by atoms with Crippen molar-refractivity contribution in [2.75, 3.05) is 19.7 Å². The Morgan fingerprint density at radius 3 is 2.76 bits per heavy atom. The minimum Gasteiger partial charge on any atom is -0.490 e. The average molecular weight is 470 g/mol. The van der Waals surface area contributed by atoms with Crippen LogP contribution >= 0.6 is 11.6 Å². The topological polar surface area (TPSA) is 111 Å². The molecule has 1 amide bonds. The van der Waals surface area contributed by atoms with Crippen LogP contribution in [0.2, 0.25) is 5.02 Å².